The smallest absolute Gasteiger partial charge is 0.394 e. The first kappa shape index (κ1) is 18.9. The molecular formula is C17H15Cl2NO5. The third kappa shape index (κ3) is 4.55. The molecule has 2 rings (SSSR count). The highest BCUT2D eigenvalue weighted by molar-refractivity contribution is 6.39. The molecule has 1 amide bonds. The maximum atomic E-state index is 11.2. The minimum absolute atomic E-state index is 0.0422. The first-order valence-corrected chi connectivity index (χ1v) is 7.98. The van der Waals surface area contributed by atoms with E-state index in [0.717, 1.165) is 5.56 Å². The third-order valence-electron chi connectivity index (χ3n) is 3.31. The van der Waals surface area contributed by atoms with Crippen molar-refractivity contribution in [3.63, 3.8) is 0 Å². The zero-order valence-corrected chi connectivity index (χ0v) is 14.9. The van der Waals surface area contributed by atoms with Gasteiger partial charge in [0, 0.05) is 5.69 Å². The molecule has 25 heavy (non-hydrogen) atoms. The molecule has 3 N–H and O–H groups in total. The van der Waals surface area contributed by atoms with E-state index in [2.05, 4.69) is 5.32 Å². The second-order valence-electron chi connectivity index (χ2n) is 5.51. The standard InChI is InChI=1S/C17H15Cl2NO5/c1-8(2)9-3-4-14(13(21)5-9)25-15-11(18)6-10(7-12(15)19)20-16(22)17(23)24/h3-8,21H,1-2H3,(H,20,22)(H,23,24). The van der Waals surface area contributed by atoms with Crippen molar-refractivity contribution in [2.24, 2.45) is 0 Å². The number of amides is 1. The minimum Gasteiger partial charge on any atom is -0.504 e. The lowest BCUT2D eigenvalue weighted by atomic mass is 10.0. The Morgan fingerprint density at radius 2 is 1.72 bits per heavy atom. The monoisotopic (exact) mass is 383 g/mol. The van der Waals surface area contributed by atoms with Crippen LogP contribution in [0.1, 0.15) is 25.3 Å². The number of hydrogen-bond donors (Lipinski definition) is 3. The Morgan fingerprint density at radius 3 is 2.20 bits per heavy atom. The summed E-state index contributed by atoms with van der Waals surface area (Å²) in [6, 6.07) is 7.58. The van der Waals surface area contributed by atoms with Gasteiger partial charge in [-0.2, -0.15) is 0 Å². The highest BCUT2D eigenvalue weighted by atomic mass is 35.5. The van der Waals surface area contributed by atoms with Crippen molar-refractivity contribution in [3.05, 3.63) is 45.9 Å². The quantitative estimate of drug-likeness (QED) is 0.668. The van der Waals surface area contributed by atoms with Gasteiger partial charge in [-0.1, -0.05) is 43.1 Å². The maximum absolute atomic E-state index is 11.2. The number of anilines is 1. The molecule has 0 heterocycles. The van der Waals surface area contributed by atoms with Crippen molar-refractivity contribution in [1.82, 2.24) is 0 Å². The maximum Gasteiger partial charge on any atom is 0.394 e. The molecule has 0 radical (unpaired) electrons. The molecule has 6 nitrogen and oxygen atoms in total. The number of phenolic OH excluding ortho intramolecular Hbond substituents is 1. The fourth-order valence-electron chi connectivity index (χ4n) is 2.00. The number of hydrogen-bond acceptors (Lipinski definition) is 4. The van der Waals surface area contributed by atoms with Gasteiger partial charge >= 0.3 is 11.9 Å². The first-order chi connectivity index (χ1) is 11.7. The van der Waals surface area contributed by atoms with Gasteiger partial charge in [-0.15, -0.1) is 0 Å². The number of ether oxygens (including phenoxy) is 1. The number of carbonyl (C=O) groups excluding carboxylic acids is 1. The number of aliphatic carboxylic acids is 1. The number of carboxylic acid groups (broad SMARTS) is 1. The van der Waals surface area contributed by atoms with Crippen molar-refractivity contribution in [3.8, 4) is 17.2 Å². The van der Waals surface area contributed by atoms with E-state index < -0.39 is 11.9 Å². The van der Waals surface area contributed by atoms with Crippen LogP contribution in [-0.2, 0) is 9.59 Å². The largest absolute Gasteiger partial charge is 0.504 e. The average molecular weight is 384 g/mol. The molecule has 132 valence electrons. The zero-order valence-electron chi connectivity index (χ0n) is 13.3. The Balaban J connectivity index is 2.29. The fourth-order valence-corrected chi connectivity index (χ4v) is 2.57. The number of carboxylic acids is 1. The van der Waals surface area contributed by atoms with Gasteiger partial charge in [0.2, 0.25) is 0 Å². The Hall–Kier alpha value is -2.44. The second kappa shape index (κ2) is 7.63. The molecule has 0 aliphatic carbocycles. The normalized spacial score (nSPS) is 10.6. The lowest BCUT2D eigenvalue weighted by Crippen LogP contribution is -2.21. The molecule has 0 aliphatic rings. The summed E-state index contributed by atoms with van der Waals surface area (Å²) in [7, 11) is 0. The number of nitrogens with one attached hydrogen (secondary N) is 1. The number of halogens is 2. The molecule has 0 fully saturated rings. The Labute approximate surface area is 153 Å². The zero-order chi connectivity index (χ0) is 18.7. The van der Waals surface area contributed by atoms with Crippen LogP contribution in [0.3, 0.4) is 0 Å². The van der Waals surface area contributed by atoms with E-state index in [1.807, 2.05) is 19.9 Å². The van der Waals surface area contributed by atoms with Crippen LogP contribution >= 0.6 is 23.2 Å². The van der Waals surface area contributed by atoms with Gasteiger partial charge in [-0.05, 0) is 35.7 Å². The first-order valence-electron chi connectivity index (χ1n) is 7.23. The lowest BCUT2D eigenvalue weighted by Gasteiger charge is -2.14. The van der Waals surface area contributed by atoms with Gasteiger partial charge < -0.3 is 20.3 Å². The van der Waals surface area contributed by atoms with Crippen LogP contribution in [0.4, 0.5) is 5.69 Å². The summed E-state index contributed by atoms with van der Waals surface area (Å²) >= 11 is 12.2. The fraction of sp³-hybridized carbons (Fsp3) is 0.176. The highest BCUT2D eigenvalue weighted by Crippen LogP contribution is 2.41. The van der Waals surface area contributed by atoms with Crippen LogP contribution < -0.4 is 10.1 Å². The second-order valence-corrected chi connectivity index (χ2v) is 6.33. The van der Waals surface area contributed by atoms with E-state index >= 15 is 0 Å². The highest BCUT2D eigenvalue weighted by Gasteiger charge is 2.17. The van der Waals surface area contributed by atoms with Gasteiger partial charge in [0.05, 0.1) is 10.0 Å². The summed E-state index contributed by atoms with van der Waals surface area (Å²) in [6.07, 6.45) is 0. The van der Waals surface area contributed by atoms with E-state index in [1.165, 1.54) is 12.1 Å². The van der Waals surface area contributed by atoms with Crippen molar-refractivity contribution in [2.45, 2.75) is 19.8 Å². The lowest BCUT2D eigenvalue weighted by molar-refractivity contribution is -0.147. The SMILES string of the molecule is CC(C)c1ccc(Oc2c(Cl)cc(NC(=O)C(=O)O)cc2Cl)c(O)c1. The molecule has 0 bridgehead atoms. The van der Waals surface area contributed by atoms with Gasteiger partial charge in [0.15, 0.2) is 17.2 Å². The molecule has 0 aromatic heterocycles. The summed E-state index contributed by atoms with van der Waals surface area (Å²) < 4.78 is 5.57. The number of carbonyl (C=O) groups is 2. The molecule has 2 aromatic carbocycles. The van der Waals surface area contributed by atoms with Gasteiger partial charge in [-0.3, -0.25) is 4.79 Å². The topological polar surface area (TPSA) is 95.9 Å². The van der Waals surface area contributed by atoms with Crippen LogP contribution in [0.25, 0.3) is 0 Å². The van der Waals surface area contributed by atoms with Crippen LogP contribution in [0, 0.1) is 0 Å². The molecule has 0 aliphatic heterocycles. The van der Waals surface area contributed by atoms with Crippen molar-refractivity contribution < 1.29 is 24.5 Å². The van der Waals surface area contributed by atoms with Gasteiger partial charge in [-0.25, -0.2) is 4.79 Å². The van der Waals surface area contributed by atoms with Crippen LogP contribution in [0.2, 0.25) is 10.0 Å². The van der Waals surface area contributed by atoms with Crippen LogP contribution in [0.5, 0.6) is 17.2 Å². The Kier molecular flexibility index (Phi) is 5.77. The number of benzene rings is 2. The van der Waals surface area contributed by atoms with E-state index in [9.17, 15) is 14.7 Å². The molecule has 0 saturated carbocycles. The molecule has 0 atom stereocenters. The predicted molar refractivity (Wildman–Crippen MR) is 95.0 cm³/mol. The van der Waals surface area contributed by atoms with Crippen LogP contribution in [0.15, 0.2) is 30.3 Å². The van der Waals surface area contributed by atoms with Crippen molar-refractivity contribution in [1.29, 1.82) is 0 Å². The van der Waals surface area contributed by atoms with Crippen molar-refractivity contribution in [2.75, 3.05) is 5.32 Å². The molecule has 0 unspecified atom stereocenters. The minimum atomic E-state index is -1.64. The third-order valence-corrected chi connectivity index (χ3v) is 3.87. The summed E-state index contributed by atoms with van der Waals surface area (Å²) in [6.45, 7) is 3.99. The summed E-state index contributed by atoms with van der Waals surface area (Å²) in [5.41, 5.74) is 1.04. The van der Waals surface area contributed by atoms with E-state index in [-0.39, 0.29) is 38.9 Å². The molecular weight excluding hydrogens is 369 g/mol. The summed E-state index contributed by atoms with van der Waals surface area (Å²) in [5.74, 6) is -2.45. The van der Waals surface area contributed by atoms with E-state index in [0.29, 0.717) is 0 Å². The summed E-state index contributed by atoms with van der Waals surface area (Å²) in [4.78, 5) is 21.7. The van der Waals surface area contributed by atoms with Gasteiger partial charge in [0.25, 0.3) is 0 Å². The number of rotatable bonds is 4. The van der Waals surface area contributed by atoms with E-state index in [4.69, 9.17) is 33.0 Å². The molecule has 0 saturated heterocycles. The van der Waals surface area contributed by atoms with Crippen LogP contribution in [-0.4, -0.2) is 22.1 Å². The Morgan fingerprint density at radius 1 is 1.12 bits per heavy atom. The number of aromatic hydroxyl groups is 1. The predicted octanol–water partition coefficient (Wildman–Crippen LogP) is 4.64. The molecule has 8 heteroatoms. The van der Waals surface area contributed by atoms with E-state index in [1.54, 1.807) is 12.1 Å². The number of phenols is 1. The van der Waals surface area contributed by atoms with Gasteiger partial charge in [0.1, 0.15) is 0 Å². The molecule has 0 spiro atoms. The molecule has 2 aromatic rings. The summed E-state index contributed by atoms with van der Waals surface area (Å²) in [5, 5.41) is 20.9. The average Bonchev–Trinajstić information content (AvgIpc) is 2.51. The van der Waals surface area contributed by atoms with Crippen molar-refractivity contribution >= 4 is 40.8 Å². The Bertz CT molecular complexity index is 813.